The van der Waals surface area contributed by atoms with Crippen molar-refractivity contribution in [1.82, 2.24) is 0 Å². The lowest BCUT2D eigenvalue weighted by atomic mass is 9.81. The van der Waals surface area contributed by atoms with Crippen LogP contribution in [-0.4, -0.2) is 11.3 Å². The van der Waals surface area contributed by atoms with Crippen molar-refractivity contribution in [3.63, 3.8) is 0 Å². The SMILES string of the molecule is CCc1ccc(C(C)(C)C)cc1C(C)(O)C(F)(F)F. The van der Waals surface area contributed by atoms with Crippen LogP contribution in [-0.2, 0) is 17.4 Å². The van der Waals surface area contributed by atoms with Crippen LogP contribution in [0.3, 0.4) is 0 Å². The van der Waals surface area contributed by atoms with Gasteiger partial charge in [-0.05, 0) is 35.4 Å². The van der Waals surface area contributed by atoms with E-state index in [2.05, 4.69) is 0 Å². The molecule has 108 valence electrons. The summed E-state index contributed by atoms with van der Waals surface area (Å²) in [7, 11) is 0. The van der Waals surface area contributed by atoms with Crippen LogP contribution in [0.15, 0.2) is 18.2 Å². The van der Waals surface area contributed by atoms with Crippen molar-refractivity contribution < 1.29 is 18.3 Å². The van der Waals surface area contributed by atoms with E-state index in [-0.39, 0.29) is 11.0 Å². The van der Waals surface area contributed by atoms with E-state index in [1.807, 2.05) is 26.8 Å². The lowest BCUT2D eigenvalue weighted by molar-refractivity contribution is -0.259. The minimum Gasteiger partial charge on any atom is -0.376 e. The van der Waals surface area contributed by atoms with Gasteiger partial charge in [-0.15, -0.1) is 0 Å². The molecule has 0 spiro atoms. The molecule has 0 fully saturated rings. The van der Waals surface area contributed by atoms with Gasteiger partial charge < -0.3 is 5.11 Å². The number of rotatable bonds is 2. The summed E-state index contributed by atoms with van der Waals surface area (Å²) >= 11 is 0. The smallest absolute Gasteiger partial charge is 0.376 e. The Labute approximate surface area is 112 Å². The summed E-state index contributed by atoms with van der Waals surface area (Å²) in [4.78, 5) is 0. The van der Waals surface area contributed by atoms with Crippen molar-refractivity contribution in [2.45, 2.75) is 58.2 Å². The largest absolute Gasteiger partial charge is 0.421 e. The van der Waals surface area contributed by atoms with E-state index in [9.17, 15) is 18.3 Å². The number of aliphatic hydroxyl groups is 1. The molecule has 0 aliphatic carbocycles. The maximum Gasteiger partial charge on any atom is 0.421 e. The summed E-state index contributed by atoms with van der Waals surface area (Å²) in [5, 5.41) is 9.90. The van der Waals surface area contributed by atoms with Gasteiger partial charge in [-0.1, -0.05) is 45.9 Å². The quantitative estimate of drug-likeness (QED) is 0.851. The molecule has 0 aromatic heterocycles. The molecule has 0 heterocycles. The van der Waals surface area contributed by atoms with Gasteiger partial charge in [0.2, 0.25) is 0 Å². The highest BCUT2D eigenvalue weighted by Gasteiger charge is 2.52. The second kappa shape index (κ2) is 4.82. The van der Waals surface area contributed by atoms with Crippen LogP contribution in [0.2, 0.25) is 0 Å². The molecule has 0 aliphatic rings. The van der Waals surface area contributed by atoms with Gasteiger partial charge in [0.25, 0.3) is 0 Å². The predicted molar refractivity (Wildman–Crippen MR) is 70.1 cm³/mol. The Kier molecular flexibility index (Phi) is 4.06. The second-order valence-electron chi connectivity index (χ2n) is 6.05. The van der Waals surface area contributed by atoms with E-state index in [0.29, 0.717) is 12.0 Å². The number of aryl methyl sites for hydroxylation is 1. The maximum atomic E-state index is 13.0. The van der Waals surface area contributed by atoms with Gasteiger partial charge in [0.15, 0.2) is 5.60 Å². The van der Waals surface area contributed by atoms with Crippen LogP contribution >= 0.6 is 0 Å². The molecule has 1 atom stereocenters. The molecule has 0 amide bonds. The highest BCUT2D eigenvalue weighted by molar-refractivity contribution is 5.39. The first-order valence-corrected chi connectivity index (χ1v) is 6.34. The number of halogens is 3. The molecular weight excluding hydrogens is 253 g/mol. The molecule has 1 N–H and O–H groups in total. The lowest BCUT2D eigenvalue weighted by Gasteiger charge is -2.31. The third kappa shape index (κ3) is 3.11. The predicted octanol–water partition coefficient (Wildman–Crippen LogP) is 4.32. The zero-order valence-electron chi connectivity index (χ0n) is 12.0. The fourth-order valence-electron chi connectivity index (χ4n) is 1.96. The van der Waals surface area contributed by atoms with Crippen molar-refractivity contribution in [3.8, 4) is 0 Å². The number of alkyl halides is 3. The van der Waals surface area contributed by atoms with Gasteiger partial charge in [-0.2, -0.15) is 13.2 Å². The molecule has 19 heavy (non-hydrogen) atoms. The Hall–Kier alpha value is -1.03. The van der Waals surface area contributed by atoms with Gasteiger partial charge in [0.05, 0.1) is 0 Å². The van der Waals surface area contributed by atoms with E-state index in [0.717, 1.165) is 12.5 Å². The molecule has 0 saturated carbocycles. The topological polar surface area (TPSA) is 20.2 Å². The molecule has 1 aromatic carbocycles. The van der Waals surface area contributed by atoms with Crippen molar-refractivity contribution >= 4 is 0 Å². The fourth-order valence-corrected chi connectivity index (χ4v) is 1.96. The summed E-state index contributed by atoms with van der Waals surface area (Å²) in [5.74, 6) is 0. The van der Waals surface area contributed by atoms with E-state index in [1.54, 1.807) is 13.0 Å². The van der Waals surface area contributed by atoms with Crippen LogP contribution in [0.1, 0.15) is 51.3 Å². The van der Waals surface area contributed by atoms with Crippen LogP contribution in [0.5, 0.6) is 0 Å². The standard InChI is InChI=1S/C15H21F3O/c1-6-10-7-8-11(13(2,3)4)9-12(10)14(5,19)15(16,17)18/h7-9,19H,6H2,1-5H3. The van der Waals surface area contributed by atoms with Gasteiger partial charge in [0.1, 0.15) is 0 Å². The average molecular weight is 274 g/mol. The molecule has 0 saturated heterocycles. The molecule has 1 rings (SSSR count). The summed E-state index contributed by atoms with van der Waals surface area (Å²) in [6.07, 6.45) is -4.24. The van der Waals surface area contributed by atoms with Gasteiger partial charge in [0, 0.05) is 0 Å². The van der Waals surface area contributed by atoms with Crippen molar-refractivity contribution in [1.29, 1.82) is 0 Å². The van der Waals surface area contributed by atoms with Gasteiger partial charge in [-0.25, -0.2) is 0 Å². The average Bonchev–Trinajstić information content (AvgIpc) is 2.25. The first kappa shape index (κ1) is 16.0. The number of hydrogen-bond donors (Lipinski definition) is 1. The molecule has 1 aromatic rings. The molecule has 0 aliphatic heterocycles. The van der Waals surface area contributed by atoms with Crippen molar-refractivity contribution in [2.75, 3.05) is 0 Å². The van der Waals surface area contributed by atoms with Gasteiger partial charge >= 0.3 is 6.18 Å². The summed E-state index contributed by atoms with van der Waals surface area (Å²) in [6.45, 7) is 8.39. The van der Waals surface area contributed by atoms with Crippen LogP contribution in [0, 0.1) is 0 Å². The third-order valence-corrected chi connectivity index (χ3v) is 3.43. The highest BCUT2D eigenvalue weighted by Crippen LogP contribution is 2.41. The maximum absolute atomic E-state index is 13.0. The first-order chi connectivity index (χ1) is 8.41. The summed E-state index contributed by atoms with van der Waals surface area (Å²) < 4.78 is 39.0. The molecule has 0 bridgehead atoms. The normalized spacial score (nSPS) is 16.3. The van der Waals surface area contributed by atoms with Crippen molar-refractivity contribution in [3.05, 3.63) is 34.9 Å². The Balaban J connectivity index is 3.48. The Bertz CT molecular complexity index is 453. The molecule has 1 nitrogen and oxygen atoms in total. The minimum atomic E-state index is -4.69. The third-order valence-electron chi connectivity index (χ3n) is 3.43. The molecule has 4 heteroatoms. The zero-order chi connectivity index (χ0) is 15.1. The zero-order valence-corrected chi connectivity index (χ0v) is 12.0. The highest BCUT2D eigenvalue weighted by atomic mass is 19.4. The molecular formula is C15H21F3O. The van der Waals surface area contributed by atoms with Crippen molar-refractivity contribution in [2.24, 2.45) is 0 Å². The van der Waals surface area contributed by atoms with Crippen LogP contribution < -0.4 is 0 Å². The lowest BCUT2D eigenvalue weighted by Crippen LogP contribution is -2.40. The Morgan fingerprint density at radius 1 is 1.05 bits per heavy atom. The molecule has 1 unspecified atom stereocenters. The first-order valence-electron chi connectivity index (χ1n) is 6.34. The monoisotopic (exact) mass is 274 g/mol. The van der Waals surface area contributed by atoms with E-state index < -0.39 is 11.8 Å². The van der Waals surface area contributed by atoms with Gasteiger partial charge in [-0.3, -0.25) is 0 Å². The second-order valence-corrected chi connectivity index (χ2v) is 6.05. The number of hydrogen-bond acceptors (Lipinski definition) is 1. The van der Waals surface area contributed by atoms with E-state index in [4.69, 9.17) is 0 Å². The van der Waals surface area contributed by atoms with Crippen LogP contribution in [0.25, 0.3) is 0 Å². The minimum absolute atomic E-state index is 0.0464. The molecule has 0 radical (unpaired) electrons. The summed E-state index contributed by atoms with van der Waals surface area (Å²) in [6, 6.07) is 4.98. The van der Waals surface area contributed by atoms with Crippen LogP contribution in [0.4, 0.5) is 13.2 Å². The van der Waals surface area contributed by atoms with E-state index in [1.165, 1.54) is 6.07 Å². The number of benzene rings is 1. The Morgan fingerprint density at radius 3 is 1.95 bits per heavy atom. The summed E-state index contributed by atoms with van der Waals surface area (Å²) in [5.41, 5.74) is -1.82. The fraction of sp³-hybridized carbons (Fsp3) is 0.600. The van der Waals surface area contributed by atoms with E-state index >= 15 is 0 Å². The Morgan fingerprint density at radius 2 is 1.58 bits per heavy atom.